The summed E-state index contributed by atoms with van der Waals surface area (Å²) in [6, 6.07) is 5.93. The molecule has 5 nitrogen and oxygen atoms in total. The van der Waals surface area contributed by atoms with Crippen LogP contribution in [0.25, 0.3) is 16.6 Å². The second kappa shape index (κ2) is 5.17. The number of thioether (sulfide) groups is 1. The number of rotatable bonds is 2. The highest BCUT2D eigenvalue weighted by molar-refractivity contribution is 7.98. The van der Waals surface area contributed by atoms with Crippen molar-refractivity contribution >= 4 is 28.4 Å². The maximum atomic E-state index is 13.5. The molecule has 0 spiro atoms. The van der Waals surface area contributed by atoms with Crippen LogP contribution < -0.4 is 11.3 Å². The Balaban J connectivity index is 2.22. The summed E-state index contributed by atoms with van der Waals surface area (Å²) in [7, 11) is 0. The molecule has 1 aromatic carbocycles. The Hall–Kier alpha value is -2.41. The highest BCUT2D eigenvalue weighted by Gasteiger charge is 2.08. The minimum absolute atomic E-state index is 0.0422. The number of pyridine rings is 1. The molecule has 0 saturated carbocycles. The van der Waals surface area contributed by atoms with Crippen LogP contribution >= 0.6 is 11.8 Å². The van der Waals surface area contributed by atoms with E-state index in [0.29, 0.717) is 21.7 Å². The minimum atomic E-state index is -0.562. The number of nitrogens with zero attached hydrogens (tertiary/aromatic N) is 3. The number of hydrogen-bond donors (Lipinski definition) is 1. The van der Waals surface area contributed by atoms with Crippen LogP contribution in [0.1, 0.15) is 0 Å². The van der Waals surface area contributed by atoms with Crippen molar-refractivity contribution in [2.75, 3.05) is 12.0 Å². The van der Waals surface area contributed by atoms with Crippen LogP contribution in [0.5, 0.6) is 0 Å². The Morgan fingerprint density at radius 1 is 1.33 bits per heavy atom. The number of benzene rings is 1. The van der Waals surface area contributed by atoms with Crippen LogP contribution in [0.2, 0.25) is 0 Å². The van der Waals surface area contributed by atoms with E-state index >= 15 is 0 Å². The van der Waals surface area contributed by atoms with Gasteiger partial charge in [0.1, 0.15) is 5.82 Å². The van der Waals surface area contributed by atoms with Crippen molar-refractivity contribution < 1.29 is 4.39 Å². The summed E-state index contributed by atoms with van der Waals surface area (Å²) in [5.74, 6) is -0.562. The molecule has 0 saturated heterocycles. The Morgan fingerprint density at radius 3 is 2.86 bits per heavy atom. The average Bonchev–Trinajstić information content (AvgIpc) is 2.50. The van der Waals surface area contributed by atoms with E-state index in [1.165, 1.54) is 34.7 Å². The molecule has 0 bridgehead atoms. The zero-order valence-corrected chi connectivity index (χ0v) is 11.9. The summed E-state index contributed by atoms with van der Waals surface area (Å²) in [5.41, 5.74) is 6.15. The molecule has 7 heteroatoms. The van der Waals surface area contributed by atoms with E-state index < -0.39 is 5.82 Å². The molecule has 0 atom stereocenters. The van der Waals surface area contributed by atoms with Crippen molar-refractivity contribution in [2.24, 2.45) is 0 Å². The fraction of sp³-hybridized carbons (Fsp3) is 0.0714. The first-order valence-corrected chi connectivity index (χ1v) is 7.30. The Kier molecular flexibility index (Phi) is 3.34. The van der Waals surface area contributed by atoms with Crippen molar-refractivity contribution in [1.82, 2.24) is 14.5 Å². The molecule has 0 amide bonds. The second-order valence-electron chi connectivity index (χ2n) is 4.35. The largest absolute Gasteiger partial charge is 0.396 e. The van der Waals surface area contributed by atoms with Crippen molar-refractivity contribution in [3.8, 4) is 5.69 Å². The summed E-state index contributed by atoms with van der Waals surface area (Å²) in [6.45, 7) is 0. The SMILES string of the molecule is CSc1ncc2c(=O)n(-c3ccc(N)c(F)c3)ccc2n1. The summed E-state index contributed by atoms with van der Waals surface area (Å²) in [6.07, 6.45) is 4.91. The standard InChI is InChI=1S/C14H11FN4OS/c1-21-14-17-7-9-12(18-14)4-5-19(13(9)20)8-2-3-11(16)10(15)6-8/h2-7H,16H2,1H3. The van der Waals surface area contributed by atoms with Gasteiger partial charge < -0.3 is 5.73 Å². The number of halogens is 1. The summed E-state index contributed by atoms with van der Waals surface area (Å²) in [4.78, 5) is 20.8. The lowest BCUT2D eigenvalue weighted by atomic mass is 10.2. The molecule has 3 aromatic rings. The molecule has 0 fully saturated rings. The zero-order valence-electron chi connectivity index (χ0n) is 11.1. The van der Waals surface area contributed by atoms with Crippen molar-refractivity contribution in [1.29, 1.82) is 0 Å². The molecule has 0 aliphatic rings. The minimum Gasteiger partial charge on any atom is -0.396 e. The quantitative estimate of drug-likeness (QED) is 0.446. The first kappa shape index (κ1) is 13.6. The number of nitrogen functional groups attached to an aromatic ring is 1. The van der Waals surface area contributed by atoms with E-state index in [1.807, 2.05) is 6.26 Å². The van der Waals surface area contributed by atoms with Gasteiger partial charge in [-0.05, 0) is 24.5 Å². The topological polar surface area (TPSA) is 73.8 Å². The van der Waals surface area contributed by atoms with E-state index in [-0.39, 0.29) is 11.2 Å². The Bertz CT molecular complexity index is 894. The van der Waals surface area contributed by atoms with Crippen molar-refractivity contribution in [3.63, 3.8) is 0 Å². The van der Waals surface area contributed by atoms with E-state index in [4.69, 9.17) is 5.73 Å². The van der Waals surface area contributed by atoms with E-state index in [0.717, 1.165) is 0 Å². The van der Waals surface area contributed by atoms with Crippen molar-refractivity contribution in [3.05, 3.63) is 52.8 Å². The smallest absolute Gasteiger partial charge is 0.266 e. The fourth-order valence-electron chi connectivity index (χ4n) is 1.98. The maximum absolute atomic E-state index is 13.5. The van der Waals surface area contributed by atoms with Gasteiger partial charge in [-0.25, -0.2) is 14.4 Å². The molecular weight excluding hydrogens is 291 g/mol. The second-order valence-corrected chi connectivity index (χ2v) is 5.13. The first-order valence-electron chi connectivity index (χ1n) is 6.08. The summed E-state index contributed by atoms with van der Waals surface area (Å²) in [5, 5.41) is 0.978. The van der Waals surface area contributed by atoms with Gasteiger partial charge in [0.25, 0.3) is 5.56 Å². The van der Waals surface area contributed by atoms with Crippen LogP contribution in [0.15, 0.2) is 46.6 Å². The lowest BCUT2D eigenvalue weighted by Gasteiger charge is -2.08. The normalized spacial score (nSPS) is 11.0. The van der Waals surface area contributed by atoms with Gasteiger partial charge in [0.2, 0.25) is 0 Å². The molecule has 0 aliphatic heterocycles. The zero-order chi connectivity index (χ0) is 15.0. The monoisotopic (exact) mass is 302 g/mol. The van der Waals surface area contributed by atoms with Crippen molar-refractivity contribution in [2.45, 2.75) is 5.16 Å². The lowest BCUT2D eigenvalue weighted by Crippen LogP contribution is -2.18. The van der Waals surface area contributed by atoms with Crippen LogP contribution in [0, 0.1) is 5.82 Å². The molecule has 3 rings (SSSR count). The highest BCUT2D eigenvalue weighted by Crippen LogP contribution is 2.16. The molecule has 106 valence electrons. The molecule has 0 radical (unpaired) electrons. The van der Waals surface area contributed by atoms with Gasteiger partial charge in [0.05, 0.1) is 22.3 Å². The molecule has 0 aliphatic carbocycles. The van der Waals surface area contributed by atoms with Gasteiger partial charge in [-0.1, -0.05) is 11.8 Å². The van der Waals surface area contributed by atoms with Crippen LogP contribution in [-0.2, 0) is 0 Å². The summed E-state index contributed by atoms with van der Waals surface area (Å²) < 4.78 is 14.9. The van der Waals surface area contributed by atoms with Gasteiger partial charge in [0, 0.05) is 18.5 Å². The van der Waals surface area contributed by atoms with E-state index in [2.05, 4.69) is 9.97 Å². The number of fused-ring (bicyclic) bond motifs is 1. The third-order valence-corrected chi connectivity index (χ3v) is 3.63. The Labute approximate surface area is 123 Å². The van der Waals surface area contributed by atoms with Crippen LogP contribution in [0.3, 0.4) is 0 Å². The third kappa shape index (κ3) is 2.36. The number of aromatic nitrogens is 3. The van der Waals surface area contributed by atoms with Gasteiger partial charge in [-0.15, -0.1) is 0 Å². The lowest BCUT2D eigenvalue weighted by molar-refractivity contribution is 0.631. The van der Waals surface area contributed by atoms with Crippen LogP contribution in [0.4, 0.5) is 10.1 Å². The molecule has 21 heavy (non-hydrogen) atoms. The molecular formula is C14H11FN4OS. The Morgan fingerprint density at radius 2 is 2.14 bits per heavy atom. The first-order chi connectivity index (χ1) is 10.1. The fourth-order valence-corrected chi connectivity index (χ4v) is 2.33. The molecule has 2 heterocycles. The maximum Gasteiger partial charge on any atom is 0.266 e. The molecule has 2 aromatic heterocycles. The van der Waals surface area contributed by atoms with Crippen LogP contribution in [-0.4, -0.2) is 20.8 Å². The number of nitrogens with two attached hydrogens (primary N) is 1. The highest BCUT2D eigenvalue weighted by atomic mass is 32.2. The van der Waals surface area contributed by atoms with Gasteiger partial charge >= 0.3 is 0 Å². The van der Waals surface area contributed by atoms with Gasteiger partial charge in [-0.3, -0.25) is 9.36 Å². The summed E-state index contributed by atoms with van der Waals surface area (Å²) >= 11 is 1.40. The number of anilines is 1. The van der Waals surface area contributed by atoms with Gasteiger partial charge in [-0.2, -0.15) is 0 Å². The predicted molar refractivity (Wildman–Crippen MR) is 81.3 cm³/mol. The molecule has 2 N–H and O–H groups in total. The van der Waals surface area contributed by atoms with E-state index in [1.54, 1.807) is 18.3 Å². The average molecular weight is 302 g/mol. The molecule has 0 unspecified atom stereocenters. The number of hydrogen-bond acceptors (Lipinski definition) is 5. The third-order valence-electron chi connectivity index (χ3n) is 3.07. The van der Waals surface area contributed by atoms with Gasteiger partial charge in [0.15, 0.2) is 5.16 Å². The van der Waals surface area contributed by atoms with E-state index in [9.17, 15) is 9.18 Å². The predicted octanol–water partition coefficient (Wildman–Crippen LogP) is 2.22.